The van der Waals surface area contributed by atoms with Crippen molar-refractivity contribution in [3.05, 3.63) is 34.9 Å². The number of hydrogen-bond acceptors (Lipinski definition) is 3. The van der Waals surface area contributed by atoms with Crippen LogP contribution in [-0.4, -0.2) is 25.7 Å². The molecular formula is C14H20N2O2. The zero-order valence-corrected chi connectivity index (χ0v) is 11.0. The molecule has 18 heavy (non-hydrogen) atoms. The largest absolute Gasteiger partial charge is 0.380 e. The molecule has 0 unspecified atom stereocenters. The smallest absolute Gasteiger partial charge is 0.248 e. The second kappa shape index (κ2) is 5.08. The summed E-state index contributed by atoms with van der Waals surface area (Å²) in [5.41, 5.74) is 8.38. The van der Waals surface area contributed by atoms with Gasteiger partial charge in [-0.3, -0.25) is 4.79 Å². The molecule has 1 aliphatic heterocycles. The second-order valence-electron chi connectivity index (χ2n) is 5.41. The van der Waals surface area contributed by atoms with E-state index >= 15 is 0 Å². The lowest BCUT2D eigenvalue weighted by atomic mass is 9.88. The van der Waals surface area contributed by atoms with E-state index in [9.17, 15) is 4.79 Å². The molecule has 2 rings (SSSR count). The summed E-state index contributed by atoms with van der Waals surface area (Å²) in [5.74, 6) is -0.378. The highest BCUT2D eigenvalue weighted by atomic mass is 16.5. The quantitative estimate of drug-likeness (QED) is 0.823. The molecule has 0 aromatic heterocycles. The van der Waals surface area contributed by atoms with E-state index < -0.39 is 0 Å². The zero-order valence-electron chi connectivity index (χ0n) is 11.0. The van der Waals surface area contributed by atoms with Gasteiger partial charge in [0.1, 0.15) is 0 Å². The van der Waals surface area contributed by atoms with Gasteiger partial charge in [0, 0.05) is 24.1 Å². The number of nitrogens with one attached hydrogen (secondary N) is 1. The van der Waals surface area contributed by atoms with Crippen molar-refractivity contribution in [1.29, 1.82) is 0 Å². The molecule has 1 amide bonds. The third-order valence-corrected chi connectivity index (χ3v) is 3.40. The maximum absolute atomic E-state index is 11.0. The van der Waals surface area contributed by atoms with Crippen molar-refractivity contribution in [2.45, 2.75) is 20.4 Å². The van der Waals surface area contributed by atoms with Crippen molar-refractivity contribution < 1.29 is 9.53 Å². The summed E-state index contributed by atoms with van der Waals surface area (Å²) in [6.07, 6.45) is 0. The molecule has 4 heteroatoms. The molecule has 1 aliphatic rings. The van der Waals surface area contributed by atoms with Crippen molar-refractivity contribution in [3.63, 3.8) is 0 Å². The van der Waals surface area contributed by atoms with Gasteiger partial charge < -0.3 is 15.8 Å². The van der Waals surface area contributed by atoms with Crippen LogP contribution in [-0.2, 0) is 11.3 Å². The van der Waals surface area contributed by atoms with Gasteiger partial charge in [0.05, 0.1) is 13.2 Å². The van der Waals surface area contributed by atoms with Gasteiger partial charge in [-0.2, -0.15) is 0 Å². The predicted octanol–water partition coefficient (Wildman–Crippen LogP) is 1.22. The minimum Gasteiger partial charge on any atom is -0.380 e. The van der Waals surface area contributed by atoms with Crippen LogP contribution in [0.4, 0.5) is 0 Å². The van der Waals surface area contributed by atoms with Crippen LogP contribution in [0.5, 0.6) is 0 Å². The topological polar surface area (TPSA) is 64.4 Å². The monoisotopic (exact) mass is 248 g/mol. The maximum Gasteiger partial charge on any atom is 0.248 e. The molecule has 0 bridgehead atoms. The third kappa shape index (κ3) is 2.89. The normalized spacial score (nSPS) is 17.2. The number of rotatable bonds is 5. The Morgan fingerprint density at radius 3 is 2.72 bits per heavy atom. The van der Waals surface area contributed by atoms with E-state index in [1.807, 2.05) is 19.1 Å². The average Bonchev–Trinajstić information content (AvgIpc) is 2.28. The first-order valence-corrected chi connectivity index (χ1v) is 6.18. The molecule has 1 aromatic carbocycles. The summed E-state index contributed by atoms with van der Waals surface area (Å²) in [5, 5.41) is 3.44. The highest BCUT2D eigenvalue weighted by Crippen LogP contribution is 2.25. The average molecular weight is 248 g/mol. The summed E-state index contributed by atoms with van der Waals surface area (Å²) in [4.78, 5) is 11.0. The molecule has 0 radical (unpaired) electrons. The van der Waals surface area contributed by atoms with E-state index in [1.54, 1.807) is 6.07 Å². The lowest BCUT2D eigenvalue weighted by Gasteiger charge is -2.38. The lowest BCUT2D eigenvalue weighted by molar-refractivity contribution is -0.0991. The Hall–Kier alpha value is -1.39. The van der Waals surface area contributed by atoms with Gasteiger partial charge in [-0.25, -0.2) is 0 Å². The molecule has 1 aromatic rings. The minimum atomic E-state index is -0.378. The SMILES string of the molecule is Cc1cc(C(N)=O)ccc1CNCC1(C)COC1. The Morgan fingerprint density at radius 2 is 2.22 bits per heavy atom. The maximum atomic E-state index is 11.0. The highest BCUT2D eigenvalue weighted by molar-refractivity contribution is 5.93. The summed E-state index contributed by atoms with van der Waals surface area (Å²) in [6, 6.07) is 5.58. The summed E-state index contributed by atoms with van der Waals surface area (Å²) in [7, 11) is 0. The van der Waals surface area contributed by atoms with Crippen molar-refractivity contribution in [2.75, 3.05) is 19.8 Å². The van der Waals surface area contributed by atoms with Crippen LogP contribution in [0.25, 0.3) is 0 Å². The van der Waals surface area contributed by atoms with Gasteiger partial charge in [0.15, 0.2) is 0 Å². The van der Waals surface area contributed by atoms with Crippen LogP contribution in [0, 0.1) is 12.3 Å². The van der Waals surface area contributed by atoms with Crippen LogP contribution < -0.4 is 11.1 Å². The first-order valence-electron chi connectivity index (χ1n) is 6.18. The number of carbonyl (C=O) groups is 1. The summed E-state index contributed by atoms with van der Waals surface area (Å²) >= 11 is 0. The Balaban J connectivity index is 1.91. The molecule has 0 aliphatic carbocycles. The van der Waals surface area contributed by atoms with E-state index in [1.165, 1.54) is 5.56 Å². The molecule has 1 saturated heterocycles. The number of hydrogen-bond donors (Lipinski definition) is 2. The number of amides is 1. The number of carbonyl (C=O) groups excluding carboxylic acids is 1. The van der Waals surface area contributed by atoms with E-state index in [0.29, 0.717) is 5.56 Å². The van der Waals surface area contributed by atoms with Crippen molar-refractivity contribution in [2.24, 2.45) is 11.1 Å². The fourth-order valence-corrected chi connectivity index (χ4v) is 2.10. The van der Waals surface area contributed by atoms with Crippen molar-refractivity contribution >= 4 is 5.91 Å². The first-order chi connectivity index (χ1) is 8.50. The molecule has 1 heterocycles. The van der Waals surface area contributed by atoms with Gasteiger partial charge in [0.25, 0.3) is 0 Å². The Kier molecular flexibility index (Phi) is 3.68. The fraction of sp³-hybridized carbons (Fsp3) is 0.500. The fourth-order valence-electron chi connectivity index (χ4n) is 2.10. The van der Waals surface area contributed by atoms with Gasteiger partial charge in [0.2, 0.25) is 5.91 Å². The molecular weight excluding hydrogens is 228 g/mol. The molecule has 3 N–H and O–H groups in total. The van der Waals surface area contributed by atoms with E-state index in [4.69, 9.17) is 10.5 Å². The molecule has 1 fully saturated rings. The van der Waals surface area contributed by atoms with E-state index in [-0.39, 0.29) is 11.3 Å². The minimum absolute atomic E-state index is 0.279. The van der Waals surface area contributed by atoms with Gasteiger partial charge >= 0.3 is 0 Å². The zero-order chi connectivity index (χ0) is 13.2. The number of nitrogens with two attached hydrogens (primary N) is 1. The lowest BCUT2D eigenvalue weighted by Crippen LogP contribution is -2.47. The van der Waals surface area contributed by atoms with Gasteiger partial charge in [-0.1, -0.05) is 13.0 Å². The van der Waals surface area contributed by atoms with Crippen LogP contribution in [0.15, 0.2) is 18.2 Å². The van der Waals surface area contributed by atoms with Crippen LogP contribution in [0.1, 0.15) is 28.4 Å². The number of aryl methyl sites for hydroxylation is 1. The van der Waals surface area contributed by atoms with E-state index in [2.05, 4.69) is 12.2 Å². The summed E-state index contributed by atoms with van der Waals surface area (Å²) in [6.45, 7) is 7.63. The Labute approximate surface area is 108 Å². The van der Waals surface area contributed by atoms with E-state index in [0.717, 1.165) is 31.9 Å². The van der Waals surface area contributed by atoms with Crippen molar-refractivity contribution in [3.8, 4) is 0 Å². The third-order valence-electron chi connectivity index (χ3n) is 3.40. The Morgan fingerprint density at radius 1 is 1.50 bits per heavy atom. The molecule has 0 saturated carbocycles. The van der Waals surface area contributed by atoms with Crippen molar-refractivity contribution in [1.82, 2.24) is 5.32 Å². The highest BCUT2D eigenvalue weighted by Gasteiger charge is 2.32. The number of benzene rings is 1. The number of ether oxygens (including phenoxy) is 1. The second-order valence-corrected chi connectivity index (χ2v) is 5.41. The van der Waals surface area contributed by atoms with Gasteiger partial charge in [-0.05, 0) is 30.2 Å². The van der Waals surface area contributed by atoms with Crippen LogP contribution in [0.3, 0.4) is 0 Å². The van der Waals surface area contributed by atoms with Crippen LogP contribution >= 0.6 is 0 Å². The van der Waals surface area contributed by atoms with Crippen LogP contribution in [0.2, 0.25) is 0 Å². The molecule has 0 spiro atoms. The molecule has 98 valence electrons. The molecule has 4 nitrogen and oxygen atoms in total. The first kappa shape index (κ1) is 13.1. The standard InChI is InChI=1S/C14H20N2O2/c1-10-5-11(13(15)17)3-4-12(10)6-16-7-14(2)8-18-9-14/h3-5,16H,6-9H2,1-2H3,(H2,15,17). The Bertz CT molecular complexity index is 453. The number of primary amides is 1. The molecule has 0 atom stereocenters. The predicted molar refractivity (Wildman–Crippen MR) is 70.3 cm³/mol. The van der Waals surface area contributed by atoms with Gasteiger partial charge in [-0.15, -0.1) is 0 Å². The summed E-state index contributed by atoms with van der Waals surface area (Å²) < 4.78 is 5.22.